The van der Waals surface area contributed by atoms with E-state index in [1.165, 1.54) is 0 Å². The first-order chi connectivity index (χ1) is 9.02. The maximum absolute atomic E-state index is 11.5. The van der Waals surface area contributed by atoms with Crippen LogP contribution in [0.5, 0.6) is 5.75 Å². The van der Waals surface area contributed by atoms with E-state index in [9.17, 15) is 8.42 Å². The smallest absolute Gasteiger partial charge is 0.211 e. The van der Waals surface area contributed by atoms with Gasteiger partial charge in [-0.1, -0.05) is 15.9 Å². The monoisotopic (exact) mass is 348 g/mol. The van der Waals surface area contributed by atoms with Crippen LogP contribution < -0.4 is 14.8 Å². The van der Waals surface area contributed by atoms with Crippen LogP contribution in [0.4, 0.5) is 0 Å². The molecule has 0 fully saturated rings. The third kappa shape index (κ3) is 3.92. The number of ether oxygens (including phenoxy) is 1. The Kier molecular flexibility index (Phi) is 4.83. The molecule has 0 unspecified atom stereocenters. The Morgan fingerprint density at radius 1 is 1.47 bits per heavy atom. The molecule has 0 saturated heterocycles. The molecular weight excluding hydrogens is 332 g/mol. The maximum Gasteiger partial charge on any atom is 0.211 e. The molecule has 5 nitrogen and oxygen atoms in total. The van der Waals surface area contributed by atoms with Crippen LogP contribution in [0.3, 0.4) is 0 Å². The number of hydrogen-bond donors (Lipinski definition) is 2. The molecule has 2 rings (SSSR count). The van der Waals surface area contributed by atoms with Crippen molar-refractivity contribution in [1.29, 1.82) is 0 Å². The van der Waals surface area contributed by atoms with Gasteiger partial charge < -0.3 is 10.1 Å². The van der Waals surface area contributed by atoms with Crippen LogP contribution in [0.15, 0.2) is 16.6 Å². The molecule has 0 spiro atoms. The number of sulfonamides is 1. The van der Waals surface area contributed by atoms with Gasteiger partial charge in [-0.3, -0.25) is 0 Å². The first-order valence-corrected chi connectivity index (χ1v) is 8.58. The standard InChI is InChI=1S/C12H17BrN2O3S/c1-2-19(16,17)15-8-10-6-11(13)5-9-7-14-3-4-18-12(9)10/h5-6,14-15H,2-4,7-8H2,1H3. The third-order valence-corrected chi connectivity index (χ3v) is 4.71. The topological polar surface area (TPSA) is 67.4 Å². The van der Waals surface area contributed by atoms with E-state index in [2.05, 4.69) is 26.0 Å². The van der Waals surface area contributed by atoms with Crippen molar-refractivity contribution in [3.8, 4) is 5.75 Å². The van der Waals surface area contributed by atoms with Gasteiger partial charge in [-0.25, -0.2) is 13.1 Å². The highest BCUT2D eigenvalue weighted by molar-refractivity contribution is 9.10. The highest BCUT2D eigenvalue weighted by Gasteiger charge is 2.16. The molecule has 0 amide bonds. The minimum absolute atomic E-state index is 0.0750. The van der Waals surface area contributed by atoms with Gasteiger partial charge in [-0.15, -0.1) is 0 Å². The average Bonchev–Trinajstić information content (AvgIpc) is 2.61. The van der Waals surface area contributed by atoms with Gasteiger partial charge in [0.1, 0.15) is 12.4 Å². The summed E-state index contributed by atoms with van der Waals surface area (Å²) in [7, 11) is -3.20. The van der Waals surface area contributed by atoms with Gasteiger partial charge in [0.2, 0.25) is 10.0 Å². The first kappa shape index (κ1) is 14.8. The second-order valence-corrected chi connectivity index (χ2v) is 7.31. The van der Waals surface area contributed by atoms with Crippen LogP contribution >= 0.6 is 15.9 Å². The molecule has 0 radical (unpaired) electrons. The van der Waals surface area contributed by atoms with Crippen molar-refractivity contribution < 1.29 is 13.2 Å². The van der Waals surface area contributed by atoms with Gasteiger partial charge in [-0.05, 0) is 19.1 Å². The number of hydrogen-bond acceptors (Lipinski definition) is 4. The summed E-state index contributed by atoms with van der Waals surface area (Å²) in [6.07, 6.45) is 0. The zero-order valence-electron chi connectivity index (χ0n) is 10.7. The number of fused-ring (bicyclic) bond motifs is 1. The van der Waals surface area contributed by atoms with E-state index in [1.807, 2.05) is 12.1 Å². The molecule has 1 heterocycles. The Labute approximate surface area is 121 Å². The Hall–Kier alpha value is -0.630. The molecule has 1 aliphatic rings. The molecule has 106 valence electrons. The Balaban J connectivity index is 2.27. The average molecular weight is 349 g/mol. The van der Waals surface area contributed by atoms with Crippen molar-refractivity contribution >= 4 is 26.0 Å². The Morgan fingerprint density at radius 2 is 2.26 bits per heavy atom. The molecule has 1 aromatic carbocycles. The molecular formula is C12H17BrN2O3S. The molecule has 0 aromatic heterocycles. The normalized spacial score (nSPS) is 15.5. The van der Waals surface area contributed by atoms with E-state index in [0.717, 1.165) is 34.4 Å². The zero-order valence-corrected chi connectivity index (χ0v) is 13.1. The maximum atomic E-state index is 11.5. The number of halogens is 1. The minimum Gasteiger partial charge on any atom is -0.492 e. The van der Waals surface area contributed by atoms with Crippen LogP contribution in [0.1, 0.15) is 18.1 Å². The van der Waals surface area contributed by atoms with Crippen LogP contribution in [-0.4, -0.2) is 27.3 Å². The fourth-order valence-electron chi connectivity index (χ4n) is 1.90. The Bertz CT molecular complexity index is 560. The summed E-state index contributed by atoms with van der Waals surface area (Å²) in [6.45, 7) is 3.96. The molecule has 2 N–H and O–H groups in total. The molecule has 0 aliphatic carbocycles. The van der Waals surface area contributed by atoms with E-state index >= 15 is 0 Å². The predicted octanol–water partition coefficient (Wildman–Crippen LogP) is 1.37. The van der Waals surface area contributed by atoms with E-state index in [4.69, 9.17) is 4.74 Å². The van der Waals surface area contributed by atoms with E-state index in [1.54, 1.807) is 6.92 Å². The summed E-state index contributed by atoms with van der Waals surface area (Å²) >= 11 is 3.44. The van der Waals surface area contributed by atoms with Crippen molar-refractivity contribution in [2.75, 3.05) is 18.9 Å². The van der Waals surface area contributed by atoms with Crippen LogP contribution in [0.2, 0.25) is 0 Å². The number of nitrogens with one attached hydrogen (secondary N) is 2. The van der Waals surface area contributed by atoms with Gasteiger partial charge in [0, 0.05) is 35.2 Å². The van der Waals surface area contributed by atoms with Crippen LogP contribution in [0.25, 0.3) is 0 Å². The lowest BCUT2D eigenvalue weighted by Crippen LogP contribution is -2.25. The summed E-state index contributed by atoms with van der Waals surface area (Å²) < 4.78 is 32.2. The van der Waals surface area contributed by atoms with Crippen molar-refractivity contribution in [2.45, 2.75) is 20.0 Å². The summed E-state index contributed by atoms with van der Waals surface area (Å²) in [5.74, 6) is 0.859. The van der Waals surface area contributed by atoms with E-state index in [-0.39, 0.29) is 12.3 Å². The summed E-state index contributed by atoms with van der Waals surface area (Å²) in [5.41, 5.74) is 1.89. The summed E-state index contributed by atoms with van der Waals surface area (Å²) in [6, 6.07) is 3.88. The van der Waals surface area contributed by atoms with Crippen molar-refractivity contribution in [2.24, 2.45) is 0 Å². The van der Waals surface area contributed by atoms with Gasteiger partial charge in [-0.2, -0.15) is 0 Å². The van der Waals surface area contributed by atoms with Crippen molar-refractivity contribution in [3.63, 3.8) is 0 Å². The van der Waals surface area contributed by atoms with Gasteiger partial charge in [0.15, 0.2) is 0 Å². The molecule has 0 atom stereocenters. The number of benzene rings is 1. The molecule has 0 saturated carbocycles. The summed E-state index contributed by atoms with van der Waals surface area (Å²) in [4.78, 5) is 0. The second kappa shape index (κ2) is 6.21. The zero-order chi connectivity index (χ0) is 13.9. The lowest BCUT2D eigenvalue weighted by molar-refractivity contribution is 0.322. The third-order valence-electron chi connectivity index (χ3n) is 2.91. The van der Waals surface area contributed by atoms with Gasteiger partial charge in [0.25, 0.3) is 0 Å². The molecule has 1 aromatic rings. The molecule has 0 bridgehead atoms. The van der Waals surface area contributed by atoms with Crippen molar-refractivity contribution in [1.82, 2.24) is 10.0 Å². The number of rotatable bonds is 4. The molecule has 19 heavy (non-hydrogen) atoms. The Morgan fingerprint density at radius 3 is 3.00 bits per heavy atom. The highest BCUT2D eigenvalue weighted by atomic mass is 79.9. The highest BCUT2D eigenvalue weighted by Crippen LogP contribution is 2.29. The lowest BCUT2D eigenvalue weighted by atomic mass is 10.1. The molecule has 1 aliphatic heterocycles. The van der Waals surface area contributed by atoms with Crippen LogP contribution in [-0.2, 0) is 23.1 Å². The second-order valence-electron chi connectivity index (χ2n) is 4.30. The SMILES string of the molecule is CCS(=O)(=O)NCc1cc(Br)cc2c1OCCNC2. The summed E-state index contributed by atoms with van der Waals surface area (Å²) in [5, 5.41) is 3.26. The largest absolute Gasteiger partial charge is 0.492 e. The minimum atomic E-state index is -3.20. The van der Waals surface area contributed by atoms with Crippen molar-refractivity contribution in [3.05, 3.63) is 27.7 Å². The van der Waals surface area contributed by atoms with Gasteiger partial charge in [0.05, 0.1) is 5.75 Å². The lowest BCUT2D eigenvalue weighted by Gasteiger charge is -2.14. The van der Waals surface area contributed by atoms with E-state index < -0.39 is 10.0 Å². The predicted molar refractivity (Wildman–Crippen MR) is 77.6 cm³/mol. The quantitative estimate of drug-likeness (QED) is 0.862. The fourth-order valence-corrected chi connectivity index (χ4v) is 3.03. The first-order valence-electron chi connectivity index (χ1n) is 6.14. The van der Waals surface area contributed by atoms with Crippen LogP contribution in [0, 0.1) is 0 Å². The van der Waals surface area contributed by atoms with E-state index in [0.29, 0.717) is 6.61 Å². The van der Waals surface area contributed by atoms with Gasteiger partial charge >= 0.3 is 0 Å². The fraction of sp³-hybridized carbons (Fsp3) is 0.500. The molecule has 7 heteroatoms.